The minimum Gasteiger partial charge on any atom is -0.324 e. The molecule has 2 N–H and O–H groups in total. The molecule has 0 unspecified atom stereocenters. The first-order valence-electron chi connectivity index (χ1n) is 8.53. The SMILES string of the molecule is Cc1ccc(NC(=O)Cn2cncn2)cc1S(=O)(=O)Nc1ccc(SC(F)F)cc1. The molecule has 2 aromatic carbocycles. The van der Waals surface area contributed by atoms with Gasteiger partial charge in [-0.25, -0.2) is 18.1 Å². The number of sulfonamides is 1. The Kier molecular flexibility index (Phi) is 6.67. The summed E-state index contributed by atoms with van der Waals surface area (Å²) in [6.07, 6.45) is 2.69. The Balaban J connectivity index is 1.74. The fourth-order valence-electron chi connectivity index (χ4n) is 2.54. The van der Waals surface area contributed by atoms with E-state index in [1.807, 2.05) is 0 Å². The van der Waals surface area contributed by atoms with Crippen LogP contribution in [0.5, 0.6) is 0 Å². The summed E-state index contributed by atoms with van der Waals surface area (Å²) in [5.41, 5.74) is 1.00. The molecule has 0 bridgehead atoms. The fraction of sp³-hybridized carbons (Fsp3) is 0.167. The number of carbonyl (C=O) groups excluding carboxylic acids is 1. The molecule has 1 heterocycles. The number of benzene rings is 2. The molecule has 3 rings (SSSR count). The Bertz CT molecular complexity index is 1120. The summed E-state index contributed by atoms with van der Waals surface area (Å²) in [6, 6.07) is 10.1. The van der Waals surface area contributed by atoms with E-state index in [9.17, 15) is 22.0 Å². The second-order valence-electron chi connectivity index (χ2n) is 6.13. The molecule has 1 aromatic heterocycles. The van der Waals surface area contributed by atoms with Gasteiger partial charge in [-0.2, -0.15) is 13.9 Å². The Morgan fingerprint density at radius 3 is 2.50 bits per heavy atom. The number of carbonyl (C=O) groups is 1. The number of nitrogens with zero attached hydrogens (tertiary/aromatic N) is 3. The molecule has 0 atom stereocenters. The highest BCUT2D eigenvalue weighted by Gasteiger charge is 2.18. The zero-order valence-corrected chi connectivity index (χ0v) is 17.3. The zero-order valence-electron chi connectivity index (χ0n) is 15.6. The number of aromatic nitrogens is 3. The fourth-order valence-corrected chi connectivity index (χ4v) is 4.37. The lowest BCUT2D eigenvalue weighted by atomic mass is 10.2. The molecule has 3 aromatic rings. The highest BCUT2D eigenvalue weighted by Crippen LogP contribution is 2.28. The van der Waals surface area contributed by atoms with Gasteiger partial charge in [-0.15, -0.1) is 0 Å². The third-order valence-corrected chi connectivity index (χ3v) is 6.11. The number of rotatable bonds is 8. The summed E-state index contributed by atoms with van der Waals surface area (Å²) in [7, 11) is -3.97. The van der Waals surface area contributed by atoms with E-state index in [-0.39, 0.29) is 17.1 Å². The predicted octanol–water partition coefficient (Wildman–Crippen LogP) is 3.34. The molecule has 0 saturated heterocycles. The number of alkyl halides is 2. The van der Waals surface area contributed by atoms with Crippen LogP contribution < -0.4 is 10.0 Å². The van der Waals surface area contributed by atoms with Gasteiger partial charge in [-0.05, 0) is 48.9 Å². The number of amides is 1. The average molecular weight is 453 g/mol. The summed E-state index contributed by atoms with van der Waals surface area (Å²) < 4.78 is 54.2. The van der Waals surface area contributed by atoms with Crippen LogP contribution in [0.25, 0.3) is 0 Å². The first-order chi connectivity index (χ1) is 14.2. The first-order valence-corrected chi connectivity index (χ1v) is 10.9. The molecule has 8 nitrogen and oxygen atoms in total. The van der Waals surface area contributed by atoms with Crippen LogP contribution in [-0.4, -0.2) is 34.8 Å². The second kappa shape index (κ2) is 9.22. The van der Waals surface area contributed by atoms with Gasteiger partial charge in [0.2, 0.25) is 5.91 Å². The van der Waals surface area contributed by atoms with E-state index >= 15 is 0 Å². The van der Waals surface area contributed by atoms with E-state index in [0.717, 1.165) is 0 Å². The summed E-state index contributed by atoms with van der Waals surface area (Å²) in [6.45, 7) is 1.55. The Morgan fingerprint density at radius 1 is 1.17 bits per heavy atom. The third-order valence-electron chi connectivity index (χ3n) is 3.87. The minimum atomic E-state index is -3.97. The van der Waals surface area contributed by atoms with Crippen LogP contribution >= 0.6 is 11.8 Å². The lowest BCUT2D eigenvalue weighted by Gasteiger charge is -2.13. The van der Waals surface area contributed by atoms with Crippen LogP contribution in [-0.2, 0) is 21.4 Å². The quantitative estimate of drug-likeness (QED) is 0.507. The van der Waals surface area contributed by atoms with Gasteiger partial charge in [0.15, 0.2) is 0 Å². The molecule has 0 radical (unpaired) electrons. The number of hydrogen-bond acceptors (Lipinski definition) is 6. The molecule has 0 saturated carbocycles. The van der Waals surface area contributed by atoms with Crippen LogP contribution in [0.1, 0.15) is 5.56 Å². The zero-order chi connectivity index (χ0) is 21.7. The largest absolute Gasteiger partial charge is 0.324 e. The second-order valence-corrected chi connectivity index (χ2v) is 8.84. The molecule has 158 valence electrons. The average Bonchev–Trinajstić information content (AvgIpc) is 3.17. The first kappa shape index (κ1) is 21.7. The summed E-state index contributed by atoms with van der Waals surface area (Å²) in [4.78, 5) is 16.1. The maximum atomic E-state index is 12.8. The van der Waals surface area contributed by atoms with Gasteiger partial charge in [0.1, 0.15) is 19.2 Å². The molecular weight excluding hydrogens is 436 g/mol. The summed E-state index contributed by atoms with van der Waals surface area (Å²) >= 11 is 0.372. The molecule has 0 spiro atoms. The van der Waals surface area contributed by atoms with Crippen LogP contribution in [0.15, 0.2) is 64.9 Å². The van der Waals surface area contributed by atoms with Gasteiger partial charge in [-0.3, -0.25) is 9.52 Å². The molecule has 0 aliphatic carbocycles. The monoisotopic (exact) mass is 453 g/mol. The van der Waals surface area contributed by atoms with Crippen LogP contribution in [0.2, 0.25) is 0 Å². The van der Waals surface area contributed by atoms with Crippen LogP contribution in [0.4, 0.5) is 20.2 Å². The van der Waals surface area contributed by atoms with Gasteiger partial charge < -0.3 is 5.32 Å². The highest BCUT2D eigenvalue weighted by molar-refractivity contribution is 7.99. The molecule has 1 amide bonds. The van der Waals surface area contributed by atoms with Crippen molar-refractivity contribution >= 4 is 39.1 Å². The number of aryl methyl sites for hydroxylation is 1. The van der Waals surface area contributed by atoms with Crippen molar-refractivity contribution in [3.63, 3.8) is 0 Å². The van der Waals surface area contributed by atoms with E-state index in [2.05, 4.69) is 20.1 Å². The maximum absolute atomic E-state index is 12.8. The van der Waals surface area contributed by atoms with E-state index in [0.29, 0.717) is 27.9 Å². The Hall–Kier alpha value is -2.99. The van der Waals surface area contributed by atoms with Crippen molar-refractivity contribution in [2.45, 2.75) is 29.0 Å². The number of halogens is 2. The van der Waals surface area contributed by atoms with Crippen molar-refractivity contribution < 1.29 is 22.0 Å². The number of anilines is 2. The van der Waals surface area contributed by atoms with Crippen LogP contribution in [0, 0.1) is 6.92 Å². The Morgan fingerprint density at radius 2 is 1.87 bits per heavy atom. The normalized spacial score (nSPS) is 11.5. The van der Waals surface area contributed by atoms with Gasteiger partial charge in [0.25, 0.3) is 15.8 Å². The van der Waals surface area contributed by atoms with E-state index < -0.39 is 21.7 Å². The van der Waals surface area contributed by atoms with Gasteiger partial charge >= 0.3 is 0 Å². The smallest absolute Gasteiger partial charge is 0.288 e. The number of hydrogen-bond donors (Lipinski definition) is 2. The maximum Gasteiger partial charge on any atom is 0.288 e. The van der Waals surface area contributed by atoms with Crippen LogP contribution in [0.3, 0.4) is 0 Å². The highest BCUT2D eigenvalue weighted by atomic mass is 32.2. The van der Waals surface area contributed by atoms with Gasteiger partial charge in [0, 0.05) is 16.3 Å². The molecular formula is C18H17F2N5O3S2. The van der Waals surface area contributed by atoms with E-state index in [1.165, 1.54) is 47.7 Å². The minimum absolute atomic E-state index is 0.0212. The molecule has 0 aliphatic heterocycles. The number of thioether (sulfide) groups is 1. The van der Waals surface area contributed by atoms with Crippen molar-refractivity contribution in [2.24, 2.45) is 0 Å². The van der Waals surface area contributed by atoms with Crippen molar-refractivity contribution in [1.29, 1.82) is 0 Å². The standard InChI is InChI=1S/C18H17F2N5O3S2/c1-12-2-3-14(23-17(26)9-25-11-21-10-22-25)8-16(12)30(27,28)24-13-4-6-15(7-5-13)29-18(19)20/h2-8,10-11,18,24H,9H2,1H3,(H,23,26). The van der Waals surface area contributed by atoms with Gasteiger partial charge in [-0.1, -0.05) is 17.8 Å². The summed E-state index contributed by atoms with van der Waals surface area (Å²) in [5.74, 6) is -2.95. The third kappa shape index (κ3) is 5.76. The molecule has 30 heavy (non-hydrogen) atoms. The van der Waals surface area contributed by atoms with E-state index in [4.69, 9.17) is 0 Å². The lowest BCUT2D eigenvalue weighted by molar-refractivity contribution is -0.116. The number of nitrogens with one attached hydrogen (secondary N) is 2. The van der Waals surface area contributed by atoms with Crippen molar-refractivity contribution in [1.82, 2.24) is 14.8 Å². The summed E-state index contributed by atoms with van der Waals surface area (Å²) in [5, 5.41) is 6.45. The Labute approximate surface area is 175 Å². The molecule has 0 aliphatic rings. The van der Waals surface area contributed by atoms with Crippen molar-refractivity contribution in [2.75, 3.05) is 10.0 Å². The van der Waals surface area contributed by atoms with Gasteiger partial charge in [0.05, 0.1) is 4.90 Å². The predicted molar refractivity (Wildman–Crippen MR) is 109 cm³/mol. The molecule has 12 heteroatoms. The van der Waals surface area contributed by atoms with Crippen molar-refractivity contribution in [3.8, 4) is 0 Å². The lowest BCUT2D eigenvalue weighted by Crippen LogP contribution is -2.20. The van der Waals surface area contributed by atoms with Crippen molar-refractivity contribution in [3.05, 3.63) is 60.7 Å². The topological polar surface area (TPSA) is 106 Å². The van der Waals surface area contributed by atoms with E-state index in [1.54, 1.807) is 19.1 Å². The molecule has 0 fully saturated rings.